The van der Waals surface area contributed by atoms with Crippen LogP contribution in [0.25, 0.3) is 11.0 Å². The maximum atomic E-state index is 12.8. The number of benzene rings is 2. The molecule has 1 N–H and O–H groups in total. The number of ether oxygens (including phenoxy) is 2. The third kappa shape index (κ3) is 4.17. The summed E-state index contributed by atoms with van der Waals surface area (Å²) in [4.78, 5) is 23.5. The molecule has 0 aliphatic heterocycles. The average molecular weight is 382 g/mol. The zero-order valence-electron chi connectivity index (χ0n) is 16.2. The summed E-state index contributed by atoms with van der Waals surface area (Å²) in [5.41, 5.74) is 1.83. The van der Waals surface area contributed by atoms with Crippen LogP contribution < -0.4 is 14.9 Å². The highest BCUT2D eigenvalue weighted by Gasteiger charge is 2.20. The van der Waals surface area contributed by atoms with Crippen molar-refractivity contribution in [3.63, 3.8) is 0 Å². The molecule has 0 aliphatic rings. The molecule has 1 aromatic heterocycles. The standard InChI is InChI=1S/C22H22O6/c1-13-5-8-16(22(2,3)4)18(9-13)28-19-11-27-17-10-14(26-12-20(23)24)6-7-15(17)21(19)25/h5-11H,12H2,1-4H3,(H,23,24). The summed E-state index contributed by atoms with van der Waals surface area (Å²) in [7, 11) is 0. The molecule has 0 spiro atoms. The number of fused-ring (bicyclic) bond motifs is 1. The number of aliphatic carboxylic acids is 1. The third-order valence-electron chi connectivity index (χ3n) is 4.24. The Bertz CT molecular complexity index is 1090. The summed E-state index contributed by atoms with van der Waals surface area (Å²) < 4.78 is 16.6. The Morgan fingerprint density at radius 3 is 2.54 bits per heavy atom. The number of hydrogen-bond acceptors (Lipinski definition) is 5. The quantitative estimate of drug-likeness (QED) is 0.691. The van der Waals surface area contributed by atoms with E-state index in [-0.39, 0.29) is 16.6 Å². The van der Waals surface area contributed by atoms with E-state index in [1.165, 1.54) is 24.5 Å². The topological polar surface area (TPSA) is 86.0 Å². The number of rotatable bonds is 5. The van der Waals surface area contributed by atoms with E-state index in [1.54, 1.807) is 0 Å². The van der Waals surface area contributed by atoms with E-state index in [4.69, 9.17) is 19.0 Å². The number of carboxylic acid groups (broad SMARTS) is 1. The van der Waals surface area contributed by atoms with Gasteiger partial charge in [-0.15, -0.1) is 0 Å². The van der Waals surface area contributed by atoms with E-state index >= 15 is 0 Å². The van der Waals surface area contributed by atoms with Crippen molar-refractivity contribution in [3.05, 3.63) is 64.0 Å². The molecule has 3 aromatic rings. The molecule has 0 aliphatic carbocycles. The van der Waals surface area contributed by atoms with E-state index in [1.807, 2.05) is 25.1 Å². The van der Waals surface area contributed by atoms with Gasteiger partial charge in [-0.25, -0.2) is 4.79 Å². The molecule has 0 amide bonds. The van der Waals surface area contributed by atoms with E-state index in [2.05, 4.69) is 20.8 Å². The Hall–Kier alpha value is -3.28. The molecular formula is C22H22O6. The molecule has 0 saturated heterocycles. The molecule has 1 heterocycles. The maximum Gasteiger partial charge on any atom is 0.341 e. The molecule has 0 unspecified atom stereocenters. The molecule has 0 saturated carbocycles. The van der Waals surface area contributed by atoms with E-state index < -0.39 is 12.6 Å². The van der Waals surface area contributed by atoms with Gasteiger partial charge in [0.2, 0.25) is 11.2 Å². The zero-order valence-corrected chi connectivity index (χ0v) is 16.2. The van der Waals surface area contributed by atoms with Gasteiger partial charge in [-0.3, -0.25) is 4.79 Å². The first-order valence-corrected chi connectivity index (χ1v) is 8.84. The first kappa shape index (κ1) is 19.5. The van der Waals surface area contributed by atoms with Crippen LogP contribution in [0.4, 0.5) is 0 Å². The van der Waals surface area contributed by atoms with Crippen molar-refractivity contribution in [2.75, 3.05) is 6.61 Å². The Kier molecular flexibility index (Phi) is 5.14. The summed E-state index contributed by atoms with van der Waals surface area (Å²) in [6.07, 6.45) is 1.26. The minimum absolute atomic E-state index is 0.0859. The molecule has 0 fully saturated rings. The van der Waals surface area contributed by atoms with Crippen LogP contribution in [-0.4, -0.2) is 17.7 Å². The second-order valence-electron chi connectivity index (χ2n) is 7.62. The fourth-order valence-electron chi connectivity index (χ4n) is 2.85. The maximum absolute atomic E-state index is 12.8. The van der Waals surface area contributed by atoms with Crippen molar-refractivity contribution in [1.82, 2.24) is 0 Å². The van der Waals surface area contributed by atoms with Crippen molar-refractivity contribution >= 4 is 16.9 Å². The van der Waals surface area contributed by atoms with Crippen LogP contribution in [0.2, 0.25) is 0 Å². The number of carboxylic acids is 1. The van der Waals surface area contributed by atoms with Crippen LogP contribution in [0.1, 0.15) is 31.9 Å². The lowest BCUT2D eigenvalue weighted by Crippen LogP contribution is -2.14. The first-order chi connectivity index (χ1) is 13.1. The summed E-state index contributed by atoms with van der Waals surface area (Å²) >= 11 is 0. The molecule has 0 radical (unpaired) electrons. The zero-order chi connectivity index (χ0) is 20.5. The van der Waals surface area contributed by atoms with Crippen LogP contribution in [0.3, 0.4) is 0 Å². The van der Waals surface area contributed by atoms with Crippen LogP contribution in [0.15, 0.2) is 51.9 Å². The predicted octanol–water partition coefficient (Wildman–Crippen LogP) is 4.65. The first-order valence-electron chi connectivity index (χ1n) is 8.84. The molecule has 146 valence electrons. The summed E-state index contributed by atoms with van der Waals surface area (Å²) in [5, 5.41) is 9.02. The van der Waals surface area contributed by atoms with E-state index in [0.717, 1.165) is 11.1 Å². The second kappa shape index (κ2) is 7.38. The van der Waals surface area contributed by atoms with Crippen molar-refractivity contribution in [3.8, 4) is 17.2 Å². The van der Waals surface area contributed by atoms with Gasteiger partial charge < -0.3 is 19.0 Å². The second-order valence-corrected chi connectivity index (χ2v) is 7.62. The fourth-order valence-corrected chi connectivity index (χ4v) is 2.85. The van der Waals surface area contributed by atoms with Gasteiger partial charge in [-0.05, 0) is 36.1 Å². The molecule has 0 bridgehead atoms. The minimum atomic E-state index is -1.09. The van der Waals surface area contributed by atoms with Gasteiger partial charge >= 0.3 is 5.97 Å². The molecule has 2 aromatic carbocycles. The molecule has 6 nitrogen and oxygen atoms in total. The van der Waals surface area contributed by atoms with Crippen LogP contribution >= 0.6 is 0 Å². The lowest BCUT2D eigenvalue weighted by molar-refractivity contribution is -0.139. The lowest BCUT2D eigenvalue weighted by Gasteiger charge is -2.23. The Balaban J connectivity index is 1.98. The molecule has 28 heavy (non-hydrogen) atoms. The molecule has 6 heteroatoms. The van der Waals surface area contributed by atoms with Crippen LogP contribution in [0.5, 0.6) is 17.2 Å². The van der Waals surface area contributed by atoms with Crippen molar-refractivity contribution < 1.29 is 23.8 Å². The average Bonchev–Trinajstić information content (AvgIpc) is 2.61. The van der Waals surface area contributed by atoms with Gasteiger partial charge in [0, 0.05) is 11.6 Å². The Morgan fingerprint density at radius 2 is 1.86 bits per heavy atom. The minimum Gasteiger partial charge on any atom is -0.482 e. The number of aryl methyl sites for hydroxylation is 1. The van der Waals surface area contributed by atoms with E-state index in [9.17, 15) is 9.59 Å². The summed E-state index contributed by atoms with van der Waals surface area (Å²) in [6.45, 7) is 7.71. The predicted molar refractivity (Wildman–Crippen MR) is 106 cm³/mol. The summed E-state index contributed by atoms with van der Waals surface area (Å²) in [6, 6.07) is 10.4. The fraction of sp³-hybridized carbons (Fsp3) is 0.273. The highest BCUT2D eigenvalue weighted by Crippen LogP contribution is 2.34. The number of hydrogen-bond donors (Lipinski definition) is 1. The van der Waals surface area contributed by atoms with Gasteiger partial charge in [0.05, 0.1) is 5.39 Å². The van der Waals surface area contributed by atoms with Crippen molar-refractivity contribution in [2.24, 2.45) is 0 Å². The van der Waals surface area contributed by atoms with Gasteiger partial charge in [-0.1, -0.05) is 32.9 Å². The van der Waals surface area contributed by atoms with Crippen LogP contribution in [0, 0.1) is 6.92 Å². The highest BCUT2D eigenvalue weighted by atomic mass is 16.5. The van der Waals surface area contributed by atoms with E-state index in [0.29, 0.717) is 22.5 Å². The van der Waals surface area contributed by atoms with Crippen LogP contribution in [-0.2, 0) is 10.2 Å². The molecule has 3 rings (SSSR count). The van der Waals surface area contributed by atoms with Gasteiger partial charge in [-0.2, -0.15) is 0 Å². The van der Waals surface area contributed by atoms with Gasteiger partial charge in [0.25, 0.3) is 0 Å². The third-order valence-corrected chi connectivity index (χ3v) is 4.24. The SMILES string of the molecule is Cc1ccc(C(C)(C)C)c(Oc2coc3cc(OCC(=O)O)ccc3c2=O)c1. The lowest BCUT2D eigenvalue weighted by atomic mass is 9.86. The highest BCUT2D eigenvalue weighted by molar-refractivity contribution is 5.79. The molecule has 0 atom stereocenters. The normalized spacial score (nSPS) is 11.4. The largest absolute Gasteiger partial charge is 0.482 e. The Labute approximate surface area is 162 Å². The monoisotopic (exact) mass is 382 g/mol. The number of carbonyl (C=O) groups is 1. The van der Waals surface area contributed by atoms with Crippen molar-refractivity contribution in [2.45, 2.75) is 33.1 Å². The molecular weight excluding hydrogens is 360 g/mol. The van der Waals surface area contributed by atoms with Gasteiger partial charge in [0.1, 0.15) is 23.3 Å². The Morgan fingerprint density at radius 1 is 1.11 bits per heavy atom. The summed E-state index contributed by atoms with van der Waals surface area (Å²) in [5.74, 6) is -0.0816. The van der Waals surface area contributed by atoms with Crippen molar-refractivity contribution in [1.29, 1.82) is 0 Å². The smallest absolute Gasteiger partial charge is 0.341 e. The van der Waals surface area contributed by atoms with Gasteiger partial charge in [0.15, 0.2) is 6.61 Å².